The highest BCUT2D eigenvalue weighted by atomic mass is 35.5. The first-order chi connectivity index (χ1) is 19.7. The molecule has 5 aromatic rings. The summed E-state index contributed by atoms with van der Waals surface area (Å²) in [6.07, 6.45) is -0.144. The summed E-state index contributed by atoms with van der Waals surface area (Å²) in [4.78, 5) is 23.1. The molecule has 0 spiro atoms. The number of nitrogens with one attached hydrogen (secondary N) is 1. The third-order valence-electron chi connectivity index (χ3n) is 6.45. The number of benzene rings is 4. The van der Waals surface area contributed by atoms with Crippen LogP contribution >= 0.6 is 23.2 Å². The summed E-state index contributed by atoms with van der Waals surface area (Å²) < 4.78 is 15.4. The maximum absolute atomic E-state index is 13.5. The first-order valence-corrected chi connectivity index (χ1v) is 13.5. The second-order valence-electron chi connectivity index (χ2n) is 9.41. The molecular formula is C32H24Cl2FN3O3. The van der Waals surface area contributed by atoms with Crippen molar-refractivity contribution in [2.75, 3.05) is 6.54 Å². The molecule has 0 saturated carbocycles. The van der Waals surface area contributed by atoms with Crippen LogP contribution in [-0.4, -0.2) is 33.3 Å². The number of carboxylic acids is 1. The number of hydrogen-bond donors (Lipinski definition) is 2. The molecule has 2 N–H and O–H groups in total. The normalized spacial score (nSPS) is 10.9. The molecule has 0 aliphatic rings. The van der Waals surface area contributed by atoms with E-state index < -0.39 is 5.97 Å². The SMILES string of the molecule is O=C(O)CCNC(=O)c1ccc(Cn2nc(-c3cc(Cl)cc(Cl)c3)cc2-c2cccc(-c3ccc(F)cc3)c2)cc1. The van der Waals surface area contributed by atoms with E-state index in [2.05, 4.69) is 5.32 Å². The van der Waals surface area contributed by atoms with Gasteiger partial charge in [0.1, 0.15) is 5.82 Å². The zero-order valence-electron chi connectivity index (χ0n) is 21.7. The lowest BCUT2D eigenvalue weighted by Crippen LogP contribution is -2.25. The fourth-order valence-corrected chi connectivity index (χ4v) is 4.96. The Morgan fingerprint density at radius 1 is 0.805 bits per heavy atom. The minimum absolute atomic E-state index is 0.0554. The van der Waals surface area contributed by atoms with Crippen LogP contribution in [0.4, 0.5) is 4.39 Å². The second-order valence-corrected chi connectivity index (χ2v) is 10.3. The van der Waals surface area contributed by atoms with Crippen LogP contribution in [0.3, 0.4) is 0 Å². The van der Waals surface area contributed by atoms with Gasteiger partial charge in [-0.2, -0.15) is 5.10 Å². The Labute approximate surface area is 246 Å². The van der Waals surface area contributed by atoms with E-state index in [4.69, 9.17) is 33.4 Å². The van der Waals surface area contributed by atoms with Crippen LogP contribution in [0.15, 0.2) is 97.1 Å². The van der Waals surface area contributed by atoms with Crippen molar-refractivity contribution in [3.63, 3.8) is 0 Å². The summed E-state index contributed by atoms with van der Waals surface area (Å²) >= 11 is 12.5. The van der Waals surface area contributed by atoms with E-state index in [1.165, 1.54) is 12.1 Å². The lowest BCUT2D eigenvalue weighted by Gasteiger charge is -2.10. The molecule has 5 rings (SSSR count). The molecular weight excluding hydrogens is 564 g/mol. The zero-order chi connectivity index (χ0) is 28.9. The topological polar surface area (TPSA) is 84.2 Å². The van der Waals surface area contributed by atoms with Gasteiger partial charge in [-0.05, 0) is 71.3 Å². The predicted molar refractivity (Wildman–Crippen MR) is 159 cm³/mol. The minimum atomic E-state index is -0.974. The maximum atomic E-state index is 13.5. The van der Waals surface area contributed by atoms with Crippen LogP contribution < -0.4 is 5.32 Å². The molecule has 41 heavy (non-hydrogen) atoms. The zero-order valence-corrected chi connectivity index (χ0v) is 23.2. The van der Waals surface area contributed by atoms with Gasteiger partial charge in [-0.1, -0.05) is 65.7 Å². The van der Waals surface area contributed by atoms with Crippen molar-refractivity contribution in [2.24, 2.45) is 0 Å². The van der Waals surface area contributed by atoms with Crippen molar-refractivity contribution in [1.29, 1.82) is 0 Å². The van der Waals surface area contributed by atoms with Crippen LogP contribution in [0.5, 0.6) is 0 Å². The number of nitrogens with zero attached hydrogens (tertiary/aromatic N) is 2. The molecule has 4 aromatic carbocycles. The average Bonchev–Trinajstić information content (AvgIpc) is 3.37. The molecule has 1 aromatic heterocycles. The first-order valence-electron chi connectivity index (χ1n) is 12.7. The molecule has 206 valence electrons. The minimum Gasteiger partial charge on any atom is -0.481 e. The monoisotopic (exact) mass is 587 g/mol. The molecule has 0 aliphatic carbocycles. The van der Waals surface area contributed by atoms with Crippen LogP contribution in [0.2, 0.25) is 10.0 Å². The Balaban J connectivity index is 1.48. The van der Waals surface area contributed by atoms with Gasteiger partial charge in [-0.3, -0.25) is 14.3 Å². The van der Waals surface area contributed by atoms with E-state index in [9.17, 15) is 14.0 Å². The first kappa shape index (κ1) is 28.1. The summed E-state index contributed by atoms with van der Waals surface area (Å²) in [5.41, 5.74) is 6.36. The highest BCUT2D eigenvalue weighted by Crippen LogP contribution is 2.32. The summed E-state index contributed by atoms with van der Waals surface area (Å²) in [7, 11) is 0. The number of aromatic nitrogens is 2. The Bertz CT molecular complexity index is 1700. The van der Waals surface area contributed by atoms with Gasteiger partial charge in [0.05, 0.1) is 24.4 Å². The maximum Gasteiger partial charge on any atom is 0.305 e. The van der Waals surface area contributed by atoms with E-state index in [0.717, 1.165) is 33.5 Å². The van der Waals surface area contributed by atoms with Crippen LogP contribution in [0.25, 0.3) is 33.6 Å². The Hall–Kier alpha value is -4.46. The molecule has 0 saturated heterocycles. The van der Waals surface area contributed by atoms with Gasteiger partial charge in [-0.15, -0.1) is 0 Å². The molecule has 0 aliphatic heterocycles. The van der Waals surface area contributed by atoms with Gasteiger partial charge in [-0.25, -0.2) is 4.39 Å². The van der Waals surface area contributed by atoms with Gasteiger partial charge >= 0.3 is 5.97 Å². The van der Waals surface area contributed by atoms with Crippen LogP contribution in [-0.2, 0) is 11.3 Å². The van der Waals surface area contributed by atoms with Gasteiger partial charge in [0.2, 0.25) is 0 Å². The van der Waals surface area contributed by atoms with E-state index in [1.54, 1.807) is 42.5 Å². The van der Waals surface area contributed by atoms with Crippen molar-refractivity contribution >= 4 is 35.1 Å². The Morgan fingerprint density at radius 2 is 1.49 bits per heavy atom. The Kier molecular flexibility index (Phi) is 8.47. The number of hydrogen-bond acceptors (Lipinski definition) is 3. The third-order valence-corrected chi connectivity index (χ3v) is 6.88. The fourth-order valence-electron chi connectivity index (χ4n) is 4.43. The molecule has 0 fully saturated rings. The Morgan fingerprint density at radius 3 is 2.17 bits per heavy atom. The summed E-state index contributed by atoms with van der Waals surface area (Å²) in [6, 6.07) is 28.6. The van der Waals surface area contributed by atoms with Crippen molar-refractivity contribution in [3.05, 3.63) is 124 Å². The number of amides is 1. The molecule has 0 bridgehead atoms. The van der Waals surface area contributed by atoms with Gasteiger partial charge < -0.3 is 10.4 Å². The average molecular weight is 588 g/mol. The molecule has 0 unspecified atom stereocenters. The highest BCUT2D eigenvalue weighted by Gasteiger charge is 2.15. The number of carbonyl (C=O) groups is 2. The lowest BCUT2D eigenvalue weighted by atomic mass is 10.0. The standard InChI is InChI=1S/C32H24Cl2FN3O3/c33-26-15-25(16-27(34)17-26)29-18-30(24-3-1-2-23(14-24)21-8-10-28(35)11-9-21)38(37-29)19-20-4-6-22(7-5-20)32(41)36-13-12-31(39)40/h1-11,14-18H,12-13,19H2,(H,36,41)(H,39,40). The predicted octanol–water partition coefficient (Wildman–Crippen LogP) is 7.58. The molecule has 9 heteroatoms. The van der Waals surface area contributed by atoms with Gasteiger partial charge in [0, 0.05) is 33.3 Å². The number of carboxylic acid groups (broad SMARTS) is 1. The highest BCUT2D eigenvalue weighted by molar-refractivity contribution is 6.35. The van der Waals surface area contributed by atoms with Gasteiger partial charge in [0.15, 0.2) is 0 Å². The van der Waals surface area contributed by atoms with Crippen LogP contribution in [0.1, 0.15) is 22.3 Å². The van der Waals surface area contributed by atoms with Crippen molar-refractivity contribution in [3.8, 4) is 33.6 Å². The number of halogens is 3. The molecule has 1 heterocycles. The van der Waals surface area contributed by atoms with E-state index in [-0.39, 0.29) is 24.7 Å². The number of carbonyl (C=O) groups excluding carboxylic acids is 1. The summed E-state index contributed by atoms with van der Waals surface area (Å²) in [5.74, 6) is -1.61. The molecule has 0 atom stereocenters. The second kappa shape index (κ2) is 12.4. The van der Waals surface area contributed by atoms with E-state index in [1.807, 2.05) is 47.1 Å². The van der Waals surface area contributed by atoms with E-state index in [0.29, 0.717) is 27.8 Å². The third kappa shape index (κ3) is 7.01. The molecule has 0 radical (unpaired) electrons. The van der Waals surface area contributed by atoms with Gasteiger partial charge in [0.25, 0.3) is 5.91 Å². The largest absolute Gasteiger partial charge is 0.481 e. The fraction of sp³-hybridized carbons (Fsp3) is 0.0938. The summed E-state index contributed by atoms with van der Waals surface area (Å²) in [6.45, 7) is 0.463. The summed E-state index contributed by atoms with van der Waals surface area (Å²) in [5, 5.41) is 17.3. The number of rotatable bonds is 9. The van der Waals surface area contributed by atoms with Crippen molar-refractivity contribution in [1.82, 2.24) is 15.1 Å². The molecule has 6 nitrogen and oxygen atoms in total. The molecule has 1 amide bonds. The lowest BCUT2D eigenvalue weighted by molar-refractivity contribution is -0.136. The van der Waals surface area contributed by atoms with Crippen molar-refractivity contribution < 1.29 is 19.1 Å². The van der Waals surface area contributed by atoms with Crippen molar-refractivity contribution in [2.45, 2.75) is 13.0 Å². The smallest absolute Gasteiger partial charge is 0.305 e. The van der Waals surface area contributed by atoms with Crippen LogP contribution in [0, 0.1) is 5.82 Å². The quantitative estimate of drug-likeness (QED) is 0.186. The number of aliphatic carboxylic acids is 1. The van der Waals surface area contributed by atoms with E-state index >= 15 is 0 Å².